The average molecular weight is 309 g/mol. The fraction of sp³-hybridized carbons (Fsp3) is 0.750. The molecule has 0 radical (unpaired) electrons. The molecule has 1 saturated carbocycles. The molecule has 2 aliphatic heterocycles. The number of likely N-dealkylation sites (tertiary alicyclic amines) is 2. The Labute approximate surface area is 130 Å². The standard InChI is InChI=1S/C16H21ClN2O2/c17-12-9-10-8-11(12)14-13(10)15(20)19(16(14)21)7-6-18-4-2-1-3-5-18/h9-11,13-14H,1-8H2. The van der Waals surface area contributed by atoms with Crippen LogP contribution >= 0.6 is 11.6 Å². The molecule has 4 unspecified atom stereocenters. The van der Waals surface area contributed by atoms with Crippen LogP contribution in [0.1, 0.15) is 25.7 Å². The van der Waals surface area contributed by atoms with Crippen LogP contribution in [-0.2, 0) is 9.59 Å². The highest BCUT2D eigenvalue weighted by molar-refractivity contribution is 6.30. The summed E-state index contributed by atoms with van der Waals surface area (Å²) in [6.45, 7) is 3.58. The number of carbonyl (C=O) groups is 2. The van der Waals surface area contributed by atoms with Crippen molar-refractivity contribution >= 4 is 23.4 Å². The number of allylic oxidation sites excluding steroid dienone is 2. The quantitative estimate of drug-likeness (QED) is 0.747. The molecule has 0 aromatic rings. The lowest BCUT2D eigenvalue weighted by Crippen LogP contribution is -2.41. The van der Waals surface area contributed by atoms with Gasteiger partial charge in [-0.25, -0.2) is 0 Å². The first-order valence-corrected chi connectivity index (χ1v) is 8.49. The van der Waals surface area contributed by atoms with Gasteiger partial charge in [-0.15, -0.1) is 0 Å². The third-order valence-electron chi connectivity index (χ3n) is 5.73. The summed E-state index contributed by atoms with van der Waals surface area (Å²) in [6, 6.07) is 0. The number of fused-ring (bicyclic) bond motifs is 5. The second-order valence-corrected chi connectivity index (χ2v) is 7.28. The minimum atomic E-state index is -0.165. The van der Waals surface area contributed by atoms with Crippen molar-refractivity contribution in [3.63, 3.8) is 0 Å². The van der Waals surface area contributed by atoms with Gasteiger partial charge in [0.1, 0.15) is 0 Å². The number of piperidine rings is 1. The van der Waals surface area contributed by atoms with E-state index in [0.717, 1.165) is 31.1 Å². The minimum absolute atomic E-state index is 0.0285. The Bertz CT molecular complexity index is 512. The first-order chi connectivity index (χ1) is 10.2. The molecule has 0 spiro atoms. The van der Waals surface area contributed by atoms with E-state index in [9.17, 15) is 9.59 Å². The van der Waals surface area contributed by atoms with Crippen molar-refractivity contribution in [2.75, 3.05) is 26.2 Å². The zero-order valence-corrected chi connectivity index (χ0v) is 12.9. The second-order valence-electron chi connectivity index (χ2n) is 6.84. The molecule has 0 aromatic carbocycles. The molecule has 2 bridgehead atoms. The molecular formula is C16H21ClN2O2. The second kappa shape index (κ2) is 5.10. The maximum atomic E-state index is 12.6. The molecule has 21 heavy (non-hydrogen) atoms. The Kier molecular flexibility index (Phi) is 3.34. The lowest BCUT2D eigenvalue weighted by molar-refractivity contribution is -0.141. The Morgan fingerprint density at radius 3 is 2.52 bits per heavy atom. The van der Waals surface area contributed by atoms with Crippen molar-refractivity contribution in [2.24, 2.45) is 23.7 Å². The van der Waals surface area contributed by atoms with Crippen LogP contribution in [-0.4, -0.2) is 47.8 Å². The van der Waals surface area contributed by atoms with Gasteiger partial charge in [-0.1, -0.05) is 24.1 Å². The van der Waals surface area contributed by atoms with Crippen LogP contribution in [0.15, 0.2) is 11.1 Å². The van der Waals surface area contributed by atoms with Gasteiger partial charge >= 0.3 is 0 Å². The molecule has 0 aromatic heterocycles. The summed E-state index contributed by atoms with van der Waals surface area (Å²) < 4.78 is 0. The fourth-order valence-electron chi connectivity index (χ4n) is 4.66. The molecule has 0 N–H and O–H groups in total. The number of halogens is 1. The van der Waals surface area contributed by atoms with Crippen molar-refractivity contribution in [3.8, 4) is 0 Å². The third-order valence-corrected chi connectivity index (χ3v) is 6.13. The van der Waals surface area contributed by atoms with E-state index in [1.54, 1.807) is 0 Å². The summed E-state index contributed by atoms with van der Waals surface area (Å²) >= 11 is 6.21. The van der Waals surface area contributed by atoms with E-state index in [1.807, 2.05) is 6.08 Å². The van der Waals surface area contributed by atoms with E-state index in [-0.39, 0.29) is 35.5 Å². The summed E-state index contributed by atoms with van der Waals surface area (Å²) in [5.74, 6) is 0.102. The van der Waals surface area contributed by atoms with Crippen molar-refractivity contribution in [2.45, 2.75) is 25.7 Å². The van der Waals surface area contributed by atoms with Crippen molar-refractivity contribution < 1.29 is 9.59 Å². The molecule has 4 aliphatic rings. The van der Waals surface area contributed by atoms with Crippen molar-refractivity contribution in [1.29, 1.82) is 0 Å². The van der Waals surface area contributed by atoms with Gasteiger partial charge in [-0.05, 0) is 38.3 Å². The average Bonchev–Trinajstić information content (AvgIpc) is 3.11. The molecule has 2 aliphatic carbocycles. The molecule has 2 saturated heterocycles. The summed E-state index contributed by atoms with van der Waals surface area (Å²) in [7, 11) is 0. The molecular weight excluding hydrogens is 288 g/mol. The van der Waals surface area contributed by atoms with Crippen molar-refractivity contribution in [1.82, 2.24) is 9.80 Å². The third kappa shape index (κ3) is 2.07. The summed E-state index contributed by atoms with van der Waals surface area (Å²) in [6.07, 6.45) is 6.67. The fourth-order valence-corrected chi connectivity index (χ4v) is 5.05. The van der Waals surface area contributed by atoms with E-state index >= 15 is 0 Å². The molecule has 4 rings (SSSR count). The Balaban J connectivity index is 1.44. The van der Waals surface area contributed by atoms with Gasteiger partial charge < -0.3 is 4.90 Å². The first-order valence-electron chi connectivity index (χ1n) is 8.11. The maximum absolute atomic E-state index is 12.6. The highest BCUT2D eigenvalue weighted by atomic mass is 35.5. The van der Waals surface area contributed by atoms with Gasteiger partial charge in [-0.3, -0.25) is 14.5 Å². The normalized spacial score (nSPS) is 39.1. The van der Waals surface area contributed by atoms with Gasteiger partial charge in [-0.2, -0.15) is 0 Å². The van der Waals surface area contributed by atoms with E-state index in [4.69, 9.17) is 11.6 Å². The minimum Gasteiger partial charge on any atom is -0.302 e. The van der Waals surface area contributed by atoms with Gasteiger partial charge in [0.15, 0.2) is 0 Å². The molecule has 114 valence electrons. The zero-order chi connectivity index (χ0) is 14.6. The van der Waals surface area contributed by atoms with Gasteiger partial charge in [0.05, 0.1) is 11.8 Å². The molecule has 3 fully saturated rings. The molecule has 5 heteroatoms. The zero-order valence-electron chi connectivity index (χ0n) is 12.1. The van der Waals surface area contributed by atoms with Crippen molar-refractivity contribution in [3.05, 3.63) is 11.1 Å². The van der Waals surface area contributed by atoms with Crippen LogP contribution < -0.4 is 0 Å². The van der Waals surface area contributed by atoms with Gasteiger partial charge in [0.2, 0.25) is 11.8 Å². The van der Waals surface area contributed by atoms with E-state index in [2.05, 4.69) is 4.90 Å². The lowest BCUT2D eigenvalue weighted by Gasteiger charge is -2.28. The van der Waals surface area contributed by atoms with Gasteiger partial charge in [0, 0.05) is 24.0 Å². The summed E-state index contributed by atoms with van der Waals surface area (Å²) in [5.41, 5.74) is 0. The predicted molar refractivity (Wildman–Crippen MR) is 79.5 cm³/mol. The van der Waals surface area contributed by atoms with Crippen LogP contribution in [0, 0.1) is 23.7 Å². The number of imide groups is 1. The largest absolute Gasteiger partial charge is 0.302 e. The number of rotatable bonds is 3. The van der Waals surface area contributed by atoms with Crippen LogP contribution in [0.2, 0.25) is 0 Å². The SMILES string of the molecule is O=C1C2C3C=C(Cl)C(C3)C2C(=O)N1CCN1CCCCC1. The van der Waals surface area contributed by atoms with Crippen LogP contribution in [0.25, 0.3) is 0 Å². The van der Waals surface area contributed by atoms with Gasteiger partial charge in [0.25, 0.3) is 0 Å². The number of carbonyl (C=O) groups excluding carboxylic acids is 2. The highest BCUT2D eigenvalue weighted by Gasteiger charge is 2.60. The summed E-state index contributed by atoms with van der Waals surface area (Å²) in [5, 5.41) is 0.806. The smallest absolute Gasteiger partial charge is 0.233 e. The number of amides is 2. The Morgan fingerprint density at radius 1 is 1.05 bits per heavy atom. The Hall–Kier alpha value is -0.870. The number of nitrogens with zero attached hydrogens (tertiary/aromatic N) is 2. The van der Waals surface area contributed by atoms with Crippen LogP contribution in [0.5, 0.6) is 0 Å². The van der Waals surface area contributed by atoms with E-state index < -0.39 is 0 Å². The predicted octanol–water partition coefficient (Wildman–Crippen LogP) is 1.85. The lowest BCUT2D eigenvalue weighted by atomic mass is 9.85. The molecule has 4 nitrogen and oxygen atoms in total. The molecule has 2 heterocycles. The monoisotopic (exact) mass is 308 g/mol. The van der Waals surface area contributed by atoms with E-state index in [0.29, 0.717) is 6.54 Å². The van der Waals surface area contributed by atoms with Crippen LogP contribution in [0.3, 0.4) is 0 Å². The molecule has 4 atom stereocenters. The first kappa shape index (κ1) is 13.8. The maximum Gasteiger partial charge on any atom is 0.233 e. The summed E-state index contributed by atoms with van der Waals surface area (Å²) in [4.78, 5) is 29.1. The van der Waals surface area contributed by atoms with Crippen LogP contribution in [0.4, 0.5) is 0 Å². The van der Waals surface area contributed by atoms with E-state index in [1.165, 1.54) is 24.2 Å². The number of hydrogen-bond acceptors (Lipinski definition) is 3. The number of hydrogen-bond donors (Lipinski definition) is 0. The topological polar surface area (TPSA) is 40.6 Å². The Morgan fingerprint density at radius 2 is 1.76 bits per heavy atom. The highest BCUT2D eigenvalue weighted by Crippen LogP contribution is 2.56. The molecule has 2 amide bonds.